The van der Waals surface area contributed by atoms with Gasteiger partial charge in [-0.1, -0.05) is 20.3 Å². The molecule has 1 fully saturated rings. The third-order valence-electron chi connectivity index (χ3n) is 6.30. The summed E-state index contributed by atoms with van der Waals surface area (Å²) in [4.78, 5) is 11.7. The quantitative estimate of drug-likeness (QED) is 0.779. The van der Waals surface area contributed by atoms with Crippen molar-refractivity contribution in [2.24, 2.45) is 17.3 Å². The number of ether oxygens (including phenoxy) is 1. The minimum atomic E-state index is -0.668. The van der Waals surface area contributed by atoms with Crippen LogP contribution in [-0.2, 0) is 4.79 Å². The maximum atomic E-state index is 11.7. The Kier molecular flexibility index (Phi) is 4.80. The molecule has 0 saturated heterocycles. The predicted octanol–water partition coefficient (Wildman–Crippen LogP) is 5.17. The van der Waals surface area contributed by atoms with Crippen LogP contribution in [0.4, 0.5) is 0 Å². The number of fused-ring (bicyclic) bond motifs is 1. The number of aromatic hydroxyl groups is 1. The fourth-order valence-electron chi connectivity index (χ4n) is 4.72. The summed E-state index contributed by atoms with van der Waals surface area (Å²) in [6.45, 7) is 8.37. The average molecular weight is 358 g/mol. The number of hydrogen-bond acceptors (Lipinski definition) is 3. The van der Waals surface area contributed by atoms with E-state index in [0.29, 0.717) is 5.75 Å². The van der Waals surface area contributed by atoms with Gasteiger partial charge in [0.2, 0.25) is 0 Å². The van der Waals surface area contributed by atoms with Crippen LogP contribution >= 0.6 is 0 Å². The molecule has 2 N–H and O–H groups in total. The van der Waals surface area contributed by atoms with Crippen molar-refractivity contribution in [3.05, 3.63) is 29.3 Å². The third kappa shape index (κ3) is 3.60. The Morgan fingerprint density at radius 3 is 2.73 bits per heavy atom. The number of hydrogen-bond donors (Lipinski definition) is 2. The van der Waals surface area contributed by atoms with Crippen LogP contribution in [-0.4, -0.2) is 21.8 Å². The van der Waals surface area contributed by atoms with E-state index in [2.05, 4.69) is 13.8 Å². The van der Waals surface area contributed by atoms with Crippen LogP contribution in [0.5, 0.6) is 11.5 Å². The minimum Gasteiger partial charge on any atom is -0.507 e. The third-order valence-corrected chi connectivity index (χ3v) is 6.30. The molecule has 1 aromatic carbocycles. The Balaban J connectivity index is 1.77. The van der Waals surface area contributed by atoms with E-state index in [-0.39, 0.29) is 23.0 Å². The Hall–Kier alpha value is -1.97. The molecule has 4 nitrogen and oxygen atoms in total. The second kappa shape index (κ2) is 6.64. The van der Waals surface area contributed by atoms with Gasteiger partial charge in [0.15, 0.2) is 0 Å². The number of carboxylic acids is 1. The lowest BCUT2D eigenvalue weighted by atomic mass is 9.61. The van der Waals surface area contributed by atoms with Crippen LogP contribution < -0.4 is 4.74 Å². The smallest absolute Gasteiger partial charge is 0.306 e. The molecule has 4 heteroatoms. The first-order valence-electron chi connectivity index (χ1n) is 9.56. The van der Waals surface area contributed by atoms with E-state index in [1.165, 1.54) is 0 Å². The molecule has 26 heavy (non-hydrogen) atoms. The number of phenolic OH excluding ortho intramolecular Hbond substituents is 1. The van der Waals surface area contributed by atoms with Crippen molar-refractivity contribution in [3.8, 4) is 11.5 Å². The van der Waals surface area contributed by atoms with E-state index in [1.54, 1.807) is 6.07 Å². The van der Waals surface area contributed by atoms with Gasteiger partial charge in [0.25, 0.3) is 0 Å². The molecular formula is C22H30O4. The number of phenols is 1. The highest BCUT2D eigenvalue weighted by atomic mass is 16.5. The maximum Gasteiger partial charge on any atom is 0.306 e. The molecule has 1 unspecified atom stereocenters. The number of aryl methyl sites for hydroxylation is 1. The Morgan fingerprint density at radius 2 is 2.04 bits per heavy atom. The highest BCUT2D eigenvalue weighted by molar-refractivity contribution is 5.70. The van der Waals surface area contributed by atoms with E-state index in [9.17, 15) is 15.0 Å². The first kappa shape index (κ1) is 18.8. The zero-order chi connectivity index (χ0) is 19.1. The fraction of sp³-hybridized carbons (Fsp3) is 0.591. The van der Waals surface area contributed by atoms with Crippen LogP contribution in [0.15, 0.2) is 18.2 Å². The van der Waals surface area contributed by atoms with Gasteiger partial charge in [-0.3, -0.25) is 4.79 Å². The van der Waals surface area contributed by atoms with Crippen LogP contribution in [0, 0.1) is 24.2 Å². The zero-order valence-corrected chi connectivity index (χ0v) is 16.2. The van der Waals surface area contributed by atoms with Gasteiger partial charge in [-0.2, -0.15) is 0 Å². The molecule has 1 aliphatic carbocycles. The topological polar surface area (TPSA) is 66.8 Å². The van der Waals surface area contributed by atoms with Gasteiger partial charge in [-0.05, 0) is 80.7 Å². The van der Waals surface area contributed by atoms with Crippen molar-refractivity contribution in [1.82, 2.24) is 0 Å². The van der Waals surface area contributed by atoms with E-state index >= 15 is 0 Å². The van der Waals surface area contributed by atoms with Crippen molar-refractivity contribution in [3.63, 3.8) is 0 Å². The zero-order valence-electron chi connectivity index (χ0n) is 16.2. The summed E-state index contributed by atoms with van der Waals surface area (Å²) in [5, 5.41) is 19.8. The van der Waals surface area contributed by atoms with Crippen LogP contribution in [0.3, 0.4) is 0 Å². The normalized spacial score (nSPS) is 29.7. The molecule has 0 amide bonds. The van der Waals surface area contributed by atoms with Crippen molar-refractivity contribution >= 4 is 12.0 Å². The summed E-state index contributed by atoms with van der Waals surface area (Å²) >= 11 is 0. The number of rotatable bonds is 4. The second-order valence-corrected chi connectivity index (χ2v) is 8.91. The molecule has 0 spiro atoms. The molecule has 0 radical (unpaired) electrons. The molecule has 142 valence electrons. The van der Waals surface area contributed by atoms with Crippen LogP contribution in [0.1, 0.15) is 64.0 Å². The monoisotopic (exact) mass is 358 g/mol. The summed E-state index contributed by atoms with van der Waals surface area (Å²) in [6.07, 6.45) is 8.33. The van der Waals surface area contributed by atoms with Gasteiger partial charge in [-0.25, -0.2) is 0 Å². The van der Waals surface area contributed by atoms with Gasteiger partial charge in [0.1, 0.15) is 17.1 Å². The Morgan fingerprint density at radius 1 is 1.31 bits per heavy atom. The molecule has 0 aromatic heterocycles. The van der Waals surface area contributed by atoms with Crippen molar-refractivity contribution < 1.29 is 19.7 Å². The van der Waals surface area contributed by atoms with Gasteiger partial charge in [-0.15, -0.1) is 0 Å². The van der Waals surface area contributed by atoms with Gasteiger partial charge >= 0.3 is 5.97 Å². The molecular weight excluding hydrogens is 328 g/mol. The molecule has 3 atom stereocenters. The molecule has 2 aliphatic rings. The van der Waals surface area contributed by atoms with Gasteiger partial charge in [0.05, 0.1) is 11.5 Å². The number of benzene rings is 1. The van der Waals surface area contributed by atoms with Crippen molar-refractivity contribution in [1.29, 1.82) is 0 Å². The van der Waals surface area contributed by atoms with Gasteiger partial charge < -0.3 is 14.9 Å². The summed E-state index contributed by atoms with van der Waals surface area (Å²) < 4.78 is 6.24. The van der Waals surface area contributed by atoms with Crippen LogP contribution in [0.25, 0.3) is 6.08 Å². The maximum absolute atomic E-state index is 11.7. The average Bonchev–Trinajstić information content (AvgIpc) is 2.51. The number of carboxylic acid groups (broad SMARTS) is 1. The highest BCUT2D eigenvalue weighted by Crippen LogP contribution is 2.48. The van der Waals surface area contributed by atoms with E-state index in [0.717, 1.165) is 43.2 Å². The highest BCUT2D eigenvalue weighted by Gasteiger charge is 2.43. The number of aliphatic carboxylic acids is 1. The van der Waals surface area contributed by atoms with E-state index in [4.69, 9.17) is 4.74 Å². The van der Waals surface area contributed by atoms with E-state index in [1.807, 2.05) is 32.1 Å². The van der Waals surface area contributed by atoms with Crippen molar-refractivity contribution in [2.45, 2.75) is 65.4 Å². The molecule has 1 aromatic rings. The van der Waals surface area contributed by atoms with Crippen LogP contribution in [0.2, 0.25) is 0 Å². The minimum absolute atomic E-state index is 0.0306. The second-order valence-electron chi connectivity index (χ2n) is 8.91. The van der Waals surface area contributed by atoms with E-state index < -0.39 is 11.6 Å². The molecule has 3 rings (SSSR count). The summed E-state index contributed by atoms with van der Waals surface area (Å²) in [5.41, 5.74) is 1.22. The number of carbonyl (C=O) groups is 1. The summed E-state index contributed by atoms with van der Waals surface area (Å²) in [5.74, 6) is 0.144. The summed E-state index contributed by atoms with van der Waals surface area (Å²) in [7, 11) is 0. The lowest BCUT2D eigenvalue weighted by Gasteiger charge is -2.44. The molecule has 0 bridgehead atoms. The first-order chi connectivity index (χ1) is 12.1. The SMILES string of the molecule is Cc1cc(O)c2c(c1)O[C@@](C)(CC[C@@H]1C(C(=O)O)CCCC1(C)C)C=C2. The Labute approximate surface area is 155 Å². The standard InChI is InChI=1S/C22H30O4/c1-14-12-18(23)16-7-10-22(4,26-19(16)13-14)11-8-17-15(20(24)25)6-5-9-21(17,2)3/h7,10,12-13,15,17,23H,5-6,8-9,11H2,1-4H3,(H,24,25)/t15?,17-,22-/m1/s1. The van der Waals surface area contributed by atoms with Gasteiger partial charge in [0, 0.05) is 0 Å². The molecule has 1 heterocycles. The lowest BCUT2D eigenvalue weighted by molar-refractivity contribution is -0.148. The molecule has 1 saturated carbocycles. The Bertz CT molecular complexity index is 734. The lowest BCUT2D eigenvalue weighted by Crippen LogP contribution is -2.41. The summed E-state index contributed by atoms with van der Waals surface area (Å²) in [6, 6.07) is 3.68. The fourth-order valence-corrected chi connectivity index (χ4v) is 4.72. The largest absolute Gasteiger partial charge is 0.507 e. The van der Waals surface area contributed by atoms with Crippen molar-refractivity contribution in [2.75, 3.05) is 0 Å². The predicted molar refractivity (Wildman–Crippen MR) is 102 cm³/mol. The first-order valence-corrected chi connectivity index (χ1v) is 9.56. The molecule has 1 aliphatic heterocycles.